The molecule has 2 aromatic rings. The van der Waals surface area contributed by atoms with E-state index in [0.717, 1.165) is 5.56 Å². The summed E-state index contributed by atoms with van der Waals surface area (Å²) in [6, 6.07) is 18.7. The third-order valence-electron chi connectivity index (χ3n) is 3.01. The Bertz CT molecular complexity index is 656. The Kier molecular flexibility index (Phi) is 3.38. The largest absolute Gasteiger partial charge is 0.477 e. The van der Waals surface area contributed by atoms with Crippen LogP contribution in [0.1, 0.15) is 5.56 Å². The van der Waals surface area contributed by atoms with Crippen LogP contribution in [0, 0.1) is 11.8 Å². The first kappa shape index (κ1) is 12.3. The summed E-state index contributed by atoms with van der Waals surface area (Å²) < 4.78 is 5.65. The van der Waals surface area contributed by atoms with Gasteiger partial charge in [0.1, 0.15) is 11.8 Å². The maximum Gasteiger partial charge on any atom is 0.265 e. The van der Waals surface area contributed by atoms with Crippen LogP contribution >= 0.6 is 0 Å². The zero-order valence-corrected chi connectivity index (χ0v) is 10.7. The molecular weight excluding hydrogens is 250 g/mol. The van der Waals surface area contributed by atoms with Crippen LogP contribution in [0.2, 0.25) is 0 Å². The minimum Gasteiger partial charge on any atom is -0.477 e. The molecule has 1 aliphatic rings. The number of carbonyl (C=O) groups is 1. The Hall–Kier alpha value is -2.73. The first-order chi connectivity index (χ1) is 9.83. The van der Waals surface area contributed by atoms with E-state index in [1.165, 1.54) is 0 Å². The molecule has 0 radical (unpaired) electrons. The lowest BCUT2D eigenvalue weighted by Crippen LogP contribution is -2.64. The van der Waals surface area contributed by atoms with Crippen molar-refractivity contribution in [1.82, 2.24) is 5.32 Å². The van der Waals surface area contributed by atoms with Gasteiger partial charge in [0.15, 0.2) is 0 Å². The predicted octanol–water partition coefficient (Wildman–Crippen LogP) is 1.98. The van der Waals surface area contributed by atoms with E-state index in [2.05, 4.69) is 17.2 Å². The van der Waals surface area contributed by atoms with Crippen LogP contribution in [0.25, 0.3) is 0 Å². The van der Waals surface area contributed by atoms with Crippen molar-refractivity contribution in [2.24, 2.45) is 0 Å². The van der Waals surface area contributed by atoms with Crippen LogP contribution in [0.5, 0.6) is 5.75 Å². The summed E-state index contributed by atoms with van der Waals surface area (Å²) >= 11 is 0. The highest BCUT2D eigenvalue weighted by molar-refractivity contribution is 5.90. The maximum absolute atomic E-state index is 11.6. The smallest absolute Gasteiger partial charge is 0.265 e. The van der Waals surface area contributed by atoms with Crippen LogP contribution in [0.4, 0.5) is 0 Å². The SMILES string of the molecule is O=C1N[C@H](C#Cc2ccccc2)[C@@H]1Oc1ccccc1. The Morgan fingerprint density at radius 1 is 0.950 bits per heavy atom. The number of β-lactam (4-membered cyclic amide) rings is 1. The van der Waals surface area contributed by atoms with Crippen molar-refractivity contribution >= 4 is 5.91 Å². The Balaban J connectivity index is 1.69. The highest BCUT2D eigenvalue weighted by Gasteiger charge is 2.40. The molecule has 0 aromatic heterocycles. The van der Waals surface area contributed by atoms with Gasteiger partial charge in [-0.3, -0.25) is 4.79 Å². The Morgan fingerprint density at radius 3 is 2.25 bits per heavy atom. The molecule has 2 atom stereocenters. The predicted molar refractivity (Wildman–Crippen MR) is 76.1 cm³/mol. The number of nitrogens with one attached hydrogen (secondary N) is 1. The van der Waals surface area contributed by atoms with Crippen molar-refractivity contribution in [3.63, 3.8) is 0 Å². The molecule has 1 aliphatic heterocycles. The quantitative estimate of drug-likeness (QED) is 0.664. The molecule has 0 spiro atoms. The van der Waals surface area contributed by atoms with Gasteiger partial charge < -0.3 is 10.1 Å². The van der Waals surface area contributed by atoms with Gasteiger partial charge in [0.2, 0.25) is 6.10 Å². The molecule has 0 saturated carbocycles. The number of carbonyl (C=O) groups excluding carboxylic acids is 1. The molecule has 1 N–H and O–H groups in total. The Labute approximate surface area is 117 Å². The lowest BCUT2D eigenvalue weighted by Gasteiger charge is -2.32. The third kappa shape index (κ3) is 2.65. The molecule has 2 aromatic carbocycles. The number of hydrogen-bond donors (Lipinski definition) is 1. The van der Waals surface area contributed by atoms with Crippen LogP contribution in [-0.4, -0.2) is 18.1 Å². The highest BCUT2D eigenvalue weighted by atomic mass is 16.5. The molecular formula is C17H13NO2. The van der Waals surface area contributed by atoms with Gasteiger partial charge in [0.05, 0.1) is 0 Å². The summed E-state index contributed by atoms with van der Waals surface area (Å²) in [4.78, 5) is 11.6. The third-order valence-corrected chi connectivity index (χ3v) is 3.01. The number of para-hydroxylation sites is 1. The number of benzene rings is 2. The number of amides is 1. The molecule has 3 rings (SSSR count). The van der Waals surface area contributed by atoms with Crippen molar-refractivity contribution in [2.75, 3.05) is 0 Å². The van der Waals surface area contributed by atoms with Crippen molar-refractivity contribution in [3.8, 4) is 17.6 Å². The summed E-state index contributed by atoms with van der Waals surface area (Å²) in [5.41, 5.74) is 0.923. The van der Waals surface area contributed by atoms with E-state index < -0.39 is 6.10 Å². The normalized spacial score (nSPS) is 20.1. The first-order valence-corrected chi connectivity index (χ1v) is 6.41. The molecule has 0 bridgehead atoms. The fourth-order valence-corrected chi connectivity index (χ4v) is 1.93. The zero-order chi connectivity index (χ0) is 13.8. The summed E-state index contributed by atoms with van der Waals surface area (Å²) in [5, 5.41) is 2.75. The molecule has 1 amide bonds. The standard InChI is InChI=1S/C17H13NO2/c19-17-16(20-14-9-5-2-6-10-14)15(18-17)12-11-13-7-3-1-4-8-13/h1-10,15-16H,(H,18,19)/t15-,16+/m1/s1. The van der Waals surface area contributed by atoms with Crippen LogP contribution in [0.15, 0.2) is 60.7 Å². The molecule has 3 heteroatoms. The fourth-order valence-electron chi connectivity index (χ4n) is 1.93. The lowest BCUT2D eigenvalue weighted by molar-refractivity contribution is -0.137. The lowest BCUT2D eigenvalue weighted by atomic mass is 10.0. The van der Waals surface area contributed by atoms with Crippen molar-refractivity contribution in [2.45, 2.75) is 12.1 Å². The van der Waals surface area contributed by atoms with Crippen LogP contribution < -0.4 is 10.1 Å². The molecule has 1 heterocycles. The van der Waals surface area contributed by atoms with Gasteiger partial charge >= 0.3 is 0 Å². The average Bonchev–Trinajstić information content (AvgIpc) is 2.51. The summed E-state index contributed by atoms with van der Waals surface area (Å²) in [6.45, 7) is 0. The van der Waals surface area contributed by atoms with E-state index in [1.54, 1.807) is 0 Å². The molecule has 0 unspecified atom stereocenters. The first-order valence-electron chi connectivity index (χ1n) is 6.41. The topological polar surface area (TPSA) is 38.3 Å². The van der Waals surface area contributed by atoms with Gasteiger partial charge in [-0.05, 0) is 24.3 Å². The van der Waals surface area contributed by atoms with Gasteiger partial charge in [-0.25, -0.2) is 0 Å². The summed E-state index contributed by atoms with van der Waals surface area (Å²) in [6.07, 6.45) is -0.534. The number of ether oxygens (including phenoxy) is 1. The summed E-state index contributed by atoms with van der Waals surface area (Å²) in [7, 11) is 0. The second-order valence-corrected chi connectivity index (χ2v) is 4.47. The minimum absolute atomic E-state index is 0.124. The maximum atomic E-state index is 11.6. The minimum atomic E-state index is -0.534. The highest BCUT2D eigenvalue weighted by Crippen LogP contribution is 2.17. The molecule has 20 heavy (non-hydrogen) atoms. The van der Waals surface area contributed by atoms with Gasteiger partial charge in [0, 0.05) is 5.56 Å². The van der Waals surface area contributed by atoms with E-state index in [4.69, 9.17) is 4.74 Å². The van der Waals surface area contributed by atoms with E-state index in [0.29, 0.717) is 5.75 Å². The number of rotatable bonds is 2. The van der Waals surface area contributed by atoms with Gasteiger partial charge in [0.25, 0.3) is 5.91 Å². The van der Waals surface area contributed by atoms with E-state index in [-0.39, 0.29) is 11.9 Å². The van der Waals surface area contributed by atoms with Crippen LogP contribution in [0.3, 0.4) is 0 Å². The molecule has 1 saturated heterocycles. The monoisotopic (exact) mass is 263 g/mol. The average molecular weight is 263 g/mol. The summed E-state index contributed by atoms with van der Waals surface area (Å²) in [5.74, 6) is 6.62. The van der Waals surface area contributed by atoms with Gasteiger partial charge in [-0.15, -0.1) is 0 Å². The fraction of sp³-hybridized carbons (Fsp3) is 0.118. The van der Waals surface area contributed by atoms with Crippen molar-refractivity contribution < 1.29 is 9.53 Å². The van der Waals surface area contributed by atoms with Crippen LogP contribution in [-0.2, 0) is 4.79 Å². The second-order valence-electron chi connectivity index (χ2n) is 4.47. The van der Waals surface area contributed by atoms with Gasteiger partial charge in [-0.2, -0.15) is 0 Å². The molecule has 0 aliphatic carbocycles. The van der Waals surface area contributed by atoms with Crippen molar-refractivity contribution in [3.05, 3.63) is 66.2 Å². The zero-order valence-electron chi connectivity index (χ0n) is 10.7. The Morgan fingerprint density at radius 2 is 1.60 bits per heavy atom. The van der Waals surface area contributed by atoms with E-state index >= 15 is 0 Å². The molecule has 98 valence electrons. The molecule has 3 nitrogen and oxygen atoms in total. The van der Waals surface area contributed by atoms with E-state index in [9.17, 15) is 4.79 Å². The number of hydrogen-bond acceptors (Lipinski definition) is 2. The molecule has 1 fully saturated rings. The van der Waals surface area contributed by atoms with Gasteiger partial charge in [-0.1, -0.05) is 48.2 Å². The van der Waals surface area contributed by atoms with E-state index in [1.807, 2.05) is 60.7 Å². The van der Waals surface area contributed by atoms with Crippen molar-refractivity contribution in [1.29, 1.82) is 0 Å². The second kappa shape index (κ2) is 5.50.